The van der Waals surface area contributed by atoms with Gasteiger partial charge in [-0.15, -0.1) is 0 Å². The van der Waals surface area contributed by atoms with E-state index in [1.165, 1.54) is 6.92 Å². The fourth-order valence-corrected chi connectivity index (χ4v) is 2.73. The summed E-state index contributed by atoms with van der Waals surface area (Å²) in [5.41, 5.74) is -0.275. The van der Waals surface area contributed by atoms with E-state index in [0.717, 1.165) is 5.56 Å². The molecule has 0 unspecified atom stereocenters. The van der Waals surface area contributed by atoms with Gasteiger partial charge in [-0.25, -0.2) is 0 Å². The van der Waals surface area contributed by atoms with Gasteiger partial charge in [0.1, 0.15) is 11.7 Å². The molecule has 0 spiro atoms. The molecule has 0 aliphatic carbocycles. The third-order valence-corrected chi connectivity index (χ3v) is 4.29. The molecule has 1 fully saturated rings. The van der Waals surface area contributed by atoms with E-state index in [0.29, 0.717) is 19.4 Å². The van der Waals surface area contributed by atoms with Gasteiger partial charge in [0.2, 0.25) is 11.8 Å². The van der Waals surface area contributed by atoms with Crippen LogP contribution in [0.4, 0.5) is 0 Å². The van der Waals surface area contributed by atoms with Crippen molar-refractivity contribution in [3.63, 3.8) is 0 Å². The fourth-order valence-electron chi connectivity index (χ4n) is 2.73. The Morgan fingerprint density at radius 1 is 1.35 bits per heavy atom. The molecule has 6 heteroatoms. The quantitative estimate of drug-likeness (QED) is 0.717. The fraction of sp³-hybridized carbons (Fsp3) is 0.529. The highest BCUT2D eigenvalue weighted by Crippen LogP contribution is 2.23. The van der Waals surface area contributed by atoms with Gasteiger partial charge in [0, 0.05) is 33.0 Å². The van der Waals surface area contributed by atoms with Crippen molar-refractivity contribution in [1.82, 2.24) is 10.2 Å². The zero-order chi connectivity index (χ0) is 16.9. The Kier molecular flexibility index (Phi) is 5.74. The molecule has 0 bridgehead atoms. The van der Waals surface area contributed by atoms with Crippen molar-refractivity contribution in [2.75, 3.05) is 19.6 Å². The Hall–Kier alpha value is -1.92. The number of amides is 2. The molecule has 1 aromatic rings. The van der Waals surface area contributed by atoms with Crippen molar-refractivity contribution < 1.29 is 19.8 Å². The van der Waals surface area contributed by atoms with Gasteiger partial charge in [-0.05, 0) is 18.4 Å². The zero-order valence-electron chi connectivity index (χ0n) is 13.4. The topological polar surface area (TPSA) is 89.9 Å². The van der Waals surface area contributed by atoms with E-state index >= 15 is 0 Å². The minimum absolute atomic E-state index is 0.00442. The average molecular weight is 320 g/mol. The standard InChI is InChI=1S/C17H24N2O4/c1-13(20)18-12-17(23)9-10-19(11-15(17)21)16(22)8-7-14-5-3-2-4-6-14/h2-6,15,21,23H,7-12H2,1H3,(H,18,20)/t15-,17-/m1/s1. The number of likely N-dealkylation sites (tertiary alicyclic amines) is 1. The number of rotatable bonds is 5. The van der Waals surface area contributed by atoms with Crippen LogP contribution in [0, 0.1) is 0 Å². The largest absolute Gasteiger partial charge is 0.388 e. The lowest BCUT2D eigenvalue weighted by Crippen LogP contribution is -2.61. The number of carbonyl (C=O) groups excluding carboxylic acids is 2. The number of piperidine rings is 1. The maximum atomic E-state index is 12.3. The van der Waals surface area contributed by atoms with E-state index in [1.807, 2.05) is 30.3 Å². The van der Waals surface area contributed by atoms with Gasteiger partial charge >= 0.3 is 0 Å². The monoisotopic (exact) mass is 320 g/mol. The van der Waals surface area contributed by atoms with E-state index in [9.17, 15) is 19.8 Å². The van der Waals surface area contributed by atoms with Crippen LogP contribution in [0.3, 0.4) is 0 Å². The molecule has 126 valence electrons. The van der Waals surface area contributed by atoms with Crippen LogP contribution >= 0.6 is 0 Å². The lowest BCUT2D eigenvalue weighted by molar-refractivity contribution is -0.150. The first-order chi connectivity index (χ1) is 10.9. The van der Waals surface area contributed by atoms with E-state index in [4.69, 9.17) is 0 Å². The van der Waals surface area contributed by atoms with Gasteiger partial charge in [-0.2, -0.15) is 0 Å². The first kappa shape index (κ1) is 17.4. The van der Waals surface area contributed by atoms with Crippen LogP contribution in [0.15, 0.2) is 30.3 Å². The number of nitrogens with one attached hydrogen (secondary N) is 1. The summed E-state index contributed by atoms with van der Waals surface area (Å²) in [6.45, 7) is 1.82. The Balaban J connectivity index is 1.84. The van der Waals surface area contributed by atoms with E-state index in [1.54, 1.807) is 4.90 Å². The van der Waals surface area contributed by atoms with Crippen molar-refractivity contribution in [2.45, 2.75) is 37.9 Å². The summed E-state index contributed by atoms with van der Waals surface area (Å²) in [6, 6.07) is 9.76. The van der Waals surface area contributed by atoms with Crippen LogP contribution in [0.25, 0.3) is 0 Å². The van der Waals surface area contributed by atoms with E-state index in [2.05, 4.69) is 5.32 Å². The lowest BCUT2D eigenvalue weighted by atomic mass is 9.88. The summed E-state index contributed by atoms with van der Waals surface area (Å²) >= 11 is 0. The molecule has 1 aliphatic heterocycles. The number of aryl methyl sites for hydroxylation is 1. The smallest absolute Gasteiger partial charge is 0.222 e. The Bertz CT molecular complexity index is 549. The molecular weight excluding hydrogens is 296 g/mol. The maximum absolute atomic E-state index is 12.3. The molecule has 2 amide bonds. The molecule has 1 saturated heterocycles. The molecular formula is C17H24N2O4. The summed E-state index contributed by atoms with van der Waals surface area (Å²) in [4.78, 5) is 24.8. The van der Waals surface area contributed by atoms with Crippen molar-refractivity contribution in [3.8, 4) is 0 Å². The SMILES string of the molecule is CC(=O)NC[C@]1(O)CCN(C(=O)CCc2ccccc2)C[C@H]1O. The molecule has 2 rings (SSSR count). The Morgan fingerprint density at radius 3 is 2.65 bits per heavy atom. The highest BCUT2D eigenvalue weighted by Gasteiger charge is 2.41. The molecule has 1 aromatic carbocycles. The summed E-state index contributed by atoms with van der Waals surface area (Å²) in [7, 11) is 0. The second kappa shape index (κ2) is 7.57. The first-order valence-corrected chi connectivity index (χ1v) is 7.87. The maximum Gasteiger partial charge on any atom is 0.222 e. The van der Waals surface area contributed by atoms with Crippen molar-refractivity contribution in [2.24, 2.45) is 0 Å². The average Bonchev–Trinajstić information content (AvgIpc) is 2.54. The van der Waals surface area contributed by atoms with Crippen molar-refractivity contribution >= 4 is 11.8 Å². The number of hydrogen-bond donors (Lipinski definition) is 3. The predicted octanol–water partition coefficient (Wildman–Crippen LogP) is 0.0796. The number of aliphatic hydroxyl groups excluding tert-OH is 1. The number of hydrogen-bond acceptors (Lipinski definition) is 4. The molecule has 1 heterocycles. The predicted molar refractivity (Wildman–Crippen MR) is 85.6 cm³/mol. The second-order valence-electron chi connectivity index (χ2n) is 6.10. The van der Waals surface area contributed by atoms with E-state index in [-0.39, 0.29) is 31.3 Å². The zero-order valence-corrected chi connectivity index (χ0v) is 13.4. The summed E-state index contributed by atoms with van der Waals surface area (Å²) < 4.78 is 0. The molecule has 1 aliphatic rings. The summed E-state index contributed by atoms with van der Waals surface area (Å²) in [5, 5.41) is 23.1. The Labute approximate surface area is 136 Å². The lowest BCUT2D eigenvalue weighted by Gasteiger charge is -2.42. The van der Waals surface area contributed by atoms with E-state index < -0.39 is 11.7 Å². The van der Waals surface area contributed by atoms with Gasteiger partial charge in [-0.3, -0.25) is 9.59 Å². The van der Waals surface area contributed by atoms with Gasteiger partial charge in [0.15, 0.2) is 0 Å². The Morgan fingerprint density at radius 2 is 2.04 bits per heavy atom. The number of carbonyl (C=O) groups is 2. The second-order valence-corrected chi connectivity index (χ2v) is 6.10. The molecule has 3 N–H and O–H groups in total. The van der Waals surface area contributed by atoms with Gasteiger partial charge in [0.05, 0.1) is 0 Å². The van der Waals surface area contributed by atoms with Crippen LogP contribution in [0.2, 0.25) is 0 Å². The van der Waals surface area contributed by atoms with Gasteiger partial charge < -0.3 is 20.4 Å². The molecule has 0 saturated carbocycles. The first-order valence-electron chi connectivity index (χ1n) is 7.87. The van der Waals surface area contributed by atoms with Crippen LogP contribution in [-0.4, -0.2) is 58.3 Å². The third-order valence-electron chi connectivity index (χ3n) is 4.29. The van der Waals surface area contributed by atoms with Crippen LogP contribution in [0.5, 0.6) is 0 Å². The molecule has 23 heavy (non-hydrogen) atoms. The highest BCUT2D eigenvalue weighted by atomic mass is 16.3. The number of β-amino-alcohol motifs (C(OH)–C–C–N with tert-alkyl or cyclic N) is 1. The normalized spacial score (nSPS) is 24.3. The van der Waals surface area contributed by atoms with Crippen molar-refractivity contribution in [3.05, 3.63) is 35.9 Å². The molecule has 0 aromatic heterocycles. The van der Waals surface area contributed by atoms with Crippen molar-refractivity contribution in [1.29, 1.82) is 0 Å². The number of aliphatic hydroxyl groups is 2. The molecule has 0 radical (unpaired) electrons. The minimum atomic E-state index is -1.37. The molecule has 6 nitrogen and oxygen atoms in total. The van der Waals surface area contributed by atoms with Crippen LogP contribution in [0.1, 0.15) is 25.3 Å². The summed E-state index contributed by atoms with van der Waals surface area (Å²) in [5.74, 6) is -0.290. The third kappa shape index (κ3) is 4.77. The highest BCUT2D eigenvalue weighted by molar-refractivity contribution is 5.76. The number of nitrogens with zero attached hydrogens (tertiary/aromatic N) is 1. The minimum Gasteiger partial charge on any atom is -0.388 e. The van der Waals surface area contributed by atoms with Gasteiger partial charge in [0.25, 0.3) is 0 Å². The van der Waals surface area contributed by atoms with Crippen LogP contribution < -0.4 is 5.32 Å². The summed E-state index contributed by atoms with van der Waals surface area (Å²) in [6.07, 6.45) is 0.207. The molecule has 2 atom stereocenters. The van der Waals surface area contributed by atoms with Crippen LogP contribution in [-0.2, 0) is 16.0 Å². The number of benzene rings is 1. The van der Waals surface area contributed by atoms with Gasteiger partial charge in [-0.1, -0.05) is 30.3 Å².